The van der Waals surface area contributed by atoms with Crippen molar-refractivity contribution >= 4 is 62.1 Å². The number of azo groups is 1. The fraction of sp³-hybridized carbons (Fsp3) is 0.235. The fourth-order valence-corrected chi connectivity index (χ4v) is 3.87. The number of benzene rings is 2. The third kappa shape index (κ3) is 7.47. The number of carbonyl (C=O) groups is 1. The summed E-state index contributed by atoms with van der Waals surface area (Å²) in [4.78, 5) is 12.1. The minimum Gasteiger partial charge on any atom is -0.398 e. The average Bonchev–Trinajstić information content (AvgIpc) is 2.59. The summed E-state index contributed by atoms with van der Waals surface area (Å²) >= 11 is 7.17. The zero-order valence-electron chi connectivity index (χ0n) is 14.9. The molecule has 4 N–H and O–H groups in total. The molecule has 0 aliphatic heterocycles. The summed E-state index contributed by atoms with van der Waals surface area (Å²) in [6, 6.07) is 10.0. The summed E-state index contributed by atoms with van der Waals surface area (Å²) < 4.78 is 30.4. The predicted molar refractivity (Wildman–Crippen MR) is 113 cm³/mol. The molecule has 0 bridgehead atoms. The number of carbonyl (C=O) groups excluding carboxylic acids is 1. The van der Waals surface area contributed by atoms with Crippen molar-refractivity contribution in [3.05, 3.63) is 41.4 Å². The summed E-state index contributed by atoms with van der Waals surface area (Å²) in [7, 11) is -3.99. The van der Waals surface area contributed by atoms with E-state index in [1.807, 2.05) is 0 Å². The van der Waals surface area contributed by atoms with Crippen molar-refractivity contribution in [3.63, 3.8) is 0 Å². The first kappa shape index (κ1) is 22.2. The number of nitrogen functional groups attached to an aromatic ring is 1. The summed E-state index contributed by atoms with van der Waals surface area (Å²) in [5.74, 6) is -0.180. The molecule has 0 heterocycles. The summed E-state index contributed by atoms with van der Waals surface area (Å²) in [5, 5.41) is 11.6. The van der Waals surface area contributed by atoms with Crippen LogP contribution in [-0.4, -0.2) is 30.4 Å². The van der Waals surface area contributed by atoms with Crippen LogP contribution in [0.5, 0.6) is 0 Å². The minimum absolute atomic E-state index is 0.262. The molecule has 0 spiro atoms. The first-order valence-corrected chi connectivity index (χ1v) is 11.1. The van der Waals surface area contributed by atoms with Gasteiger partial charge in [0.15, 0.2) is 0 Å². The molecule has 0 atom stereocenters. The van der Waals surface area contributed by atoms with Crippen molar-refractivity contribution in [1.29, 1.82) is 0 Å². The van der Waals surface area contributed by atoms with Gasteiger partial charge in [0.05, 0.1) is 17.1 Å². The van der Waals surface area contributed by atoms with E-state index in [9.17, 15) is 13.2 Å². The highest BCUT2D eigenvalue weighted by atomic mass is 35.5. The van der Waals surface area contributed by atoms with Crippen LogP contribution in [0, 0.1) is 0 Å². The lowest BCUT2D eigenvalue weighted by Gasteiger charge is -2.11. The smallest absolute Gasteiger partial charge is 0.264 e. The van der Waals surface area contributed by atoms with Crippen LogP contribution in [0.4, 0.5) is 22.7 Å². The van der Waals surface area contributed by atoms with E-state index in [0.717, 1.165) is 0 Å². The number of amides is 1. The number of hydrogen-bond acceptors (Lipinski definition) is 7. The Labute approximate surface area is 172 Å². The second kappa shape index (κ2) is 9.87. The van der Waals surface area contributed by atoms with Gasteiger partial charge in [-0.25, -0.2) is 0 Å². The SMILES string of the molecule is CC(=O)Nc1cc(N)c(SCCCS(=O)(=O)O)cc1N=Nc1ccc(Cl)cc1. The molecule has 0 aliphatic rings. The quantitative estimate of drug-likeness (QED) is 0.179. The molecule has 0 aromatic heterocycles. The topological polar surface area (TPSA) is 134 Å². The van der Waals surface area contributed by atoms with Gasteiger partial charge < -0.3 is 11.1 Å². The fourth-order valence-electron chi connectivity index (χ4n) is 2.13. The zero-order chi connectivity index (χ0) is 20.7. The number of thioether (sulfide) groups is 1. The van der Waals surface area contributed by atoms with E-state index in [1.165, 1.54) is 18.7 Å². The van der Waals surface area contributed by atoms with Crippen LogP contribution in [0.1, 0.15) is 13.3 Å². The lowest BCUT2D eigenvalue weighted by atomic mass is 10.2. The lowest BCUT2D eigenvalue weighted by molar-refractivity contribution is -0.114. The highest BCUT2D eigenvalue weighted by Crippen LogP contribution is 2.37. The molecule has 8 nitrogen and oxygen atoms in total. The Balaban J connectivity index is 2.24. The van der Waals surface area contributed by atoms with E-state index in [1.54, 1.807) is 36.4 Å². The maximum Gasteiger partial charge on any atom is 0.264 e. The molecule has 1 amide bonds. The standard InChI is InChI=1S/C17H19ClN4O4S2/c1-11(23)20-15-9-14(19)17(27-7-2-8-28(24,25)26)10-16(15)22-21-13-5-3-12(18)4-6-13/h3-6,9-10H,2,7-8,19H2,1H3,(H,20,23)(H,24,25,26). The van der Waals surface area contributed by atoms with Gasteiger partial charge in [0.1, 0.15) is 5.69 Å². The second-order valence-electron chi connectivity index (χ2n) is 5.75. The highest BCUT2D eigenvalue weighted by Gasteiger charge is 2.11. The Morgan fingerprint density at radius 1 is 1.25 bits per heavy atom. The number of halogens is 1. The monoisotopic (exact) mass is 442 g/mol. The molecular weight excluding hydrogens is 424 g/mol. The van der Waals surface area contributed by atoms with Gasteiger partial charge in [-0.15, -0.1) is 16.9 Å². The molecule has 2 aromatic carbocycles. The Morgan fingerprint density at radius 3 is 2.54 bits per heavy atom. The normalized spacial score (nSPS) is 11.7. The lowest BCUT2D eigenvalue weighted by Crippen LogP contribution is -2.07. The molecule has 0 saturated heterocycles. The summed E-state index contributed by atoms with van der Waals surface area (Å²) in [6.07, 6.45) is 0.262. The first-order valence-electron chi connectivity index (χ1n) is 8.10. The Morgan fingerprint density at radius 2 is 1.93 bits per heavy atom. The summed E-state index contributed by atoms with van der Waals surface area (Å²) in [6.45, 7) is 1.37. The van der Waals surface area contributed by atoms with Crippen molar-refractivity contribution < 1.29 is 17.8 Å². The molecule has 11 heteroatoms. The number of nitrogens with two attached hydrogens (primary N) is 1. The second-order valence-corrected chi connectivity index (χ2v) is 8.90. The number of hydrogen-bond donors (Lipinski definition) is 3. The van der Waals surface area contributed by atoms with Crippen LogP contribution in [0.3, 0.4) is 0 Å². The van der Waals surface area contributed by atoms with Gasteiger partial charge in [0.25, 0.3) is 10.1 Å². The van der Waals surface area contributed by atoms with Crippen molar-refractivity contribution in [2.45, 2.75) is 18.2 Å². The van der Waals surface area contributed by atoms with Gasteiger partial charge in [0.2, 0.25) is 5.91 Å². The Kier molecular flexibility index (Phi) is 7.81. The number of anilines is 2. The largest absolute Gasteiger partial charge is 0.398 e. The molecule has 0 radical (unpaired) electrons. The molecule has 0 unspecified atom stereocenters. The molecule has 2 rings (SSSR count). The Bertz CT molecular complexity index is 979. The molecule has 28 heavy (non-hydrogen) atoms. The summed E-state index contributed by atoms with van der Waals surface area (Å²) in [5.41, 5.74) is 7.83. The molecule has 150 valence electrons. The molecule has 0 aliphatic carbocycles. The Hall–Kier alpha value is -2.14. The number of nitrogens with zero attached hydrogens (tertiary/aromatic N) is 2. The van der Waals surface area contributed by atoms with E-state index >= 15 is 0 Å². The average molecular weight is 443 g/mol. The number of nitrogens with one attached hydrogen (secondary N) is 1. The third-order valence-corrected chi connectivity index (χ3v) is 5.56. The van der Waals surface area contributed by atoms with Gasteiger partial charge in [-0.05, 0) is 48.6 Å². The van der Waals surface area contributed by atoms with E-state index in [-0.39, 0.29) is 18.1 Å². The molecule has 0 fully saturated rings. The molecule has 0 saturated carbocycles. The number of rotatable bonds is 8. The van der Waals surface area contributed by atoms with Crippen LogP contribution in [0.2, 0.25) is 5.02 Å². The zero-order valence-corrected chi connectivity index (χ0v) is 17.3. The molecule has 2 aromatic rings. The third-order valence-electron chi connectivity index (χ3n) is 3.34. The van der Waals surface area contributed by atoms with Crippen LogP contribution in [0.25, 0.3) is 0 Å². The van der Waals surface area contributed by atoms with Crippen LogP contribution >= 0.6 is 23.4 Å². The van der Waals surface area contributed by atoms with Crippen molar-refractivity contribution in [2.75, 3.05) is 22.6 Å². The van der Waals surface area contributed by atoms with Crippen molar-refractivity contribution in [3.8, 4) is 0 Å². The highest BCUT2D eigenvalue weighted by molar-refractivity contribution is 7.99. The van der Waals surface area contributed by atoms with Crippen molar-refractivity contribution in [2.24, 2.45) is 10.2 Å². The predicted octanol–water partition coefficient (Wildman–Crippen LogP) is 4.67. The van der Waals surface area contributed by atoms with E-state index in [2.05, 4.69) is 15.5 Å². The van der Waals surface area contributed by atoms with Gasteiger partial charge in [-0.2, -0.15) is 13.5 Å². The van der Waals surface area contributed by atoms with E-state index in [0.29, 0.717) is 38.4 Å². The van der Waals surface area contributed by atoms with Crippen molar-refractivity contribution in [1.82, 2.24) is 0 Å². The van der Waals surface area contributed by atoms with E-state index < -0.39 is 10.1 Å². The minimum atomic E-state index is -3.99. The van der Waals surface area contributed by atoms with Crippen LogP contribution in [0.15, 0.2) is 51.5 Å². The maximum absolute atomic E-state index is 11.5. The van der Waals surface area contributed by atoms with Crippen LogP contribution < -0.4 is 11.1 Å². The van der Waals surface area contributed by atoms with Gasteiger partial charge in [-0.3, -0.25) is 9.35 Å². The maximum atomic E-state index is 11.5. The van der Waals surface area contributed by atoms with Gasteiger partial charge in [-0.1, -0.05) is 11.6 Å². The molecular formula is C17H19ClN4O4S2. The first-order chi connectivity index (χ1) is 13.1. The van der Waals surface area contributed by atoms with Crippen LogP contribution in [-0.2, 0) is 14.9 Å². The van der Waals surface area contributed by atoms with E-state index in [4.69, 9.17) is 21.9 Å². The van der Waals surface area contributed by atoms with Gasteiger partial charge in [0, 0.05) is 22.5 Å². The van der Waals surface area contributed by atoms with Gasteiger partial charge >= 0.3 is 0 Å².